The summed E-state index contributed by atoms with van der Waals surface area (Å²) < 4.78 is 11.6. The van der Waals surface area contributed by atoms with Gasteiger partial charge in [-0.15, -0.1) is 0 Å². The first-order valence-corrected chi connectivity index (χ1v) is 10.0. The van der Waals surface area contributed by atoms with Crippen molar-refractivity contribution < 1.29 is 14.3 Å². The second-order valence-electron chi connectivity index (χ2n) is 6.56. The van der Waals surface area contributed by atoms with Crippen LogP contribution in [0.5, 0.6) is 11.5 Å². The third-order valence-electron chi connectivity index (χ3n) is 4.27. The van der Waals surface area contributed by atoms with Gasteiger partial charge in [0, 0.05) is 22.6 Å². The van der Waals surface area contributed by atoms with E-state index in [1.54, 1.807) is 42.5 Å². The van der Waals surface area contributed by atoms with Crippen molar-refractivity contribution in [3.05, 3.63) is 94.5 Å². The zero-order valence-electron chi connectivity index (χ0n) is 16.7. The molecule has 3 aromatic rings. The maximum absolute atomic E-state index is 12.1. The summed E-state index contributed by atoms with van der Waals surface area (Å²) in [6, 6.07) is 22.1. The summed E-state index contributed by atoms with van der Waals surface area (Å²) in [6.45, 7) is 3.04. The molecule has 0 saturated carbocycles. The third kappa shape index (κ3) is 6.36. The fraction of sp³-hybridized carbons (Fsp3) is 0.167. The minimum absolute atomic E-state index is 0.287. The molecule has 0 heterocycles. The van der Waals surface area contributed by atoms with Gasteiger partial charge in [-0.25, -0.2) is 5.43 Å². The molecular formula is C24H23ClN2O3. The van der Waals surface area contributed by atoms with Crippen molar-refractivity contribution in [1.29, 1.82) is 0 Å². The van der Waals surface area contributed by atoms with Crippen molar-refractivity contribution in [2.45, 2.75) is 13.3 Å². The molecule has 0 saturated heterocycles. The summed E-state index contributed by atoms with van der Waals surface area (Å²) in [6.07, 6.45) is 2.24. The number of hydrogen-bond acceptors (Lipinski definition) is 4. The van der Waals surface area contributed by atoms with Gasteiger partial charge in [0.15, 0.2) is 0 Å². The van der Waals surface area contributed by atoms with Gasteiger partial charge in [-0.1, -0.05) is 48.0 Å². The van der Waals surface area contributed by atoms with E-state index >= 15 is 0 Å². The van der Waals surface area contributed by atoms with Crippen LogP contribution in [-0.2, 0) is 0 Å². The maximum atomic E-state index is 12.1. The quantitative estimate of drug-likeness (QED) is 0.290. The topological polar surface area (TPSA) is 59.9 Å². The van der Waals surface area contributed by atoms with Crippen LogP contribution in [0, 0.1) is 6.92 Å². The lowest BCUT2D eigenvalue weighted by Crippen LogP contribution is -2.17. The van der Waals surface area contributed by atoms with Crippen molar-refractivity contribution in [3.8, 4) is 11.5 Å². The molecule has 0 fully saturated rings. The standard InChI is InChI=1S/C24H23ClN2O3/c1-18-8-5-6-11-22(18)29-14-7-15-30-23-13-12-21(25)16-20(23)17-26-27-24(28)19-9-3-2-4-10-19/h2-6,8-13,16-17H,7,14-15H2,1H3,(H,27,28)/b26-17-. The van der Waals surface area contributed by atoms with Crippen molar-refractivity contribution in [1.82, 2.24) is 5.43 Å². The van der Waals surface area contributed by atoms with Crippen LogP contribution in [0.2, 0.25) is 5.02 Å². The van der Waals surface area contributed by atoms with E-state index in [9.17, 15) is 4.79 Å². The normalized spacial score (nSPS) is 10.7. The monoisotopic (exact) mass is 422 g/mol. The summed E-state index contributed by atoms with van der Waals surface area (Å²) in [5, 5.41) is 4.58. The van der Waals surface area contributed by atoms with Gasteiger partial charge < -0.3 is 9.47 Å². The van der Waals surface area contributed by atoms with Crippen LogP contribution in [0.25, 0.3) is 0 Å². The Morgan fingerprint density at radius 1 is 0.967 bits per heavy atom. The van der Waals surface area contributed by atoms with Crippen LogP contribution in [0.1, 0.15) is 27.9 Å². The van der Waals surface area contributed by atoms with Gasteiger partial charge in [-0.3, -0.25) is 4.79 Å². The Labute approximate surface area is 181 Å². The number of carbonyl (C=O) groups is 1. The SMILES string of the molecule is Cc1ccccc1OCCCOc1ccc(Cl)cc1/C=N\NC(=O)c1ccccc1. The highest BCUT2D eigenvalue weighted by Crippen LogP contribution is 2.22. The summed E-state index contributed by atoms with van der Waals surface area (Å²) >= 11 is 6.10. The first-order chi connectivity index (χ1) is 14.6. The van der Waals surface area contributed by atoms with Crippen molar-refractivity contribution in [3.63, 3.8) is 0 Å². The molecule has 0 bridgehead atoms. The van der Waals surface area contributed by atoms with E-state index in [0.717, 1.165) is 17.7 Å². The number of hydrazone groups is 1. The molecule has 0 aromatic heterocycles. The molecule has 0 atom stereocenters. The molecule has 154 valence electrons. The molecule has 0 aliphatic carbocycles. The first-order valence-electron chi connectivity index (χ1n) is 9.63. The minimum atomic E-state index is -0.287. The highest BCUT2D eigenvalue weighted by molar-refractivity contribution is 6.30. The van der Waals surface area contributed by atoms with Crippen molar-refractivity contribution in [2.24, 2.45) is 5.10 Å². The zero-order chi connectivity index (χ0) is 21.2. The van der Waals surface area contributed by atoms with Gasteiger partial charge in [0.05, 0.1) is 19.4 Å². The molecule has 3 aromatic carbocycles. The van der Waals surface area contributed by atoms with Gasteiger partial charge >= 0.3 is 0 Å². The van der Waals surface area contributed by atoms with E-state index in [1.165, 1.54) is 6.21 Å². The fourth-order valence-corrected chi connectivity index (χ4v) is 2.89. The number of ether oxygens (including phenoxy) is 2. The maximum Gasteiger partial charge on any atom is 0.271 e. The number of amides is 1. The van der Waals surface area contributed by atoms with Crippen LogP contribution in [0.4, 0.5) is 0 Å². The number of nitrogens with one attached hydrogen (secondary N) is 1. The number of rotatable bonds is 9. The van der Waals surface area contributed by atoms with E-state index in [-0.39, 0.29) is 5.91 Å². The number of nitrogens with zero attached hydrogens (tertiary/aromatic N) is 1. The molecule has 6 heteroatoms. The Hall–Kier alpha value is -3.31. The smallest absolute Gasteiger partial charge is 0.271 e. The van der Waals surface area contributed by atoms with Crippen LogP contribution in [0.3, 0.4) is 0 Å². The number of benzene rings is 3. The number of hydrogen-bond donors (Lipinski definition) is 1. The molecule has 0 aliphatic heterocycles. The van der Waals surface area contributed by atoms with Crippen molar-refractivity contribution >= 4 is 23.7 Å². The van der Waals surface area contributed by atoms with Gasteiger partial charge in [0.2, 0.25) is 0 Å². The Morgan fingerprint density at radius 3 is 2.43 bits per heavy atom. The predicted octanol–water partition coefficient (Wildman–Crippen LogP) is 5.26. The van der Waals surface area contributed by atoms with Crippen molar-refractivity contribution in [2.75, 3.05) is 13.2 Å². The minimum Gasteiger partial charge on any atom is -0.493 e. The number of aryl methyl sites for hydroxylation is 1. The molecule has 0 radical (unpaired) electrons. The van der Waals surface area contributed by atoms with Gasteiger partial charge in [0.25, 0.3) is 5.91 Å². The molecular weight excluding hydrogens is 400 g/mol. The molecule has 3 rings (SSSR count). The average Bonchev–Trinajstić information content (AvgIpc) is 2.76. The zero-order valence-corrected chi connectivity index (χ0v) is 17.4. The lowest BCUT2D eigenvalue weighted by molar-refractivity contribution is 0.0955. The molecule has 0 aliphatic rings. The lowest BCUT2D eigenvalue weighted by Gasteiger charge is -2.11. The van der Waals surface area contributed by atoms with Crippen LogP contribution < -0.4 is 14.9 Å². The summed E-state index contributed by atoms with van der Waals surface area (Å²) in [5.74, 6) is 1.23. The number of carbonyl (C=O) groups excluding carboxylic acids is 1. The highest BCUT2D eigenvalue weighted by Gasteiger charge is 2.05. The molecule has 5 nitrogen and oxygen atoms in total. The Morgan fingerprint density at radius 2 is 1.67 bits per heavy atom. The first kappa shape index (κ1) is 21.4. The molecule has 1 amide bonds. The summed E-state index contributed by atoms with van der Waals surface area (Å²) in [7, 11) is 0. The Kier molecular flexibility index (Phi) is 7.86. The lowest BCUT2D eigenvalue weighted by atomic mass is 10.2. The Bertz CT molecular complexity index is 1010. The summed E-state index contributed by atoms with van der Waals surface area (Å²) in [4.78, 5) is 12.1. The van der Waals surface area contributed by atoms with E-state index in [4.69, 9.17) is 21.1 Å². The second kappa shape index (κ2) is 11.0. The molecule has 0 unspecified atom stereocenters. The van der Waals surface area contributed by atoms with Crippen LogP contribution in [0.15, 0.2) is 77.9 Å². The summed E-state index contributed by atoms with van der Waals surface area (Å²) in [5.41, 5.74) is 4.82. The van der Waals surface area contributed by atoms with Gasteiger partial charge in [-0.05, 0) is 48.9 Å². The van der Waals surface area contributed by atoms with Gasteiger partial charge in [-0.2, -0.15) is 5.10 Å². The fourth-order valence-electron chi connectivity index (χ4n) is 2.71. The highest BCUT2D eigenvalue weighted by atomic mass is 35.5. The largest absolute Gasteiger partial charge is 0.493 e. The van der Waals surface area contributed by atoms with Crippen LogP contribution in [-0.4, -0.2) is 25.3 Å². The van der Waals surface area contributed by atoms with E-state index < -0.39 is 0 Å². The number of para-hydroxylation sites is 1. The second-order valence-corrected chi connectivity index (χ2v) is 7.00. The molecule has 30 heavy (non-hydrogen) atoms. The van der Waals surface area contributed by atoms with E-state index in [1.807, 2.05) is 37.3 Å². The van der Waals surface area contributed by atoms with E-state index in [0.29, 0.717) is 35.1 Å². The molecule has 0 spiro atoms. The Balaban J connectivity index is 1.52. The van der Waals surface area contributed by atoms with Gasteiger partial charge in [0.1, 0.15) is 11.5 Å². The van der Waals surface area contributed by atoms with Crippen LogP contribution >= 0.6 is 11.6 Å². The van der Waals surface area contributed by atoms with E-state index in [2.05, 4.69) is 10.5 Å². The predicted molar refractivity (Wildman–Crippen MR) is 120 cm³/mol. The molecule has 1 N–H and O–H groups in total. The third-order valence-corrected chi connectivity index (χ3v) is 4.51. The average molecular weight is 423 g/mol. The number of halogens is 1.